The molecular weight excluding hydrogens is 316 g/mol. The Morgan fingerprint density at radius 3 is 2.10 bits per heavy atom. The number of hydrogen-bond acceptors (Lipinski definition) is 2. The lowest BCUT2D eigenvalue weighted by Crippen LogP contribution is -2.51. The molecule has 0 saturated carbocycles. The molecule has 2 atom stereocenters. The highest BCUT2D eigenvalue weighted by Gasteiger charge is 2.65. The van der Waals surface area contributed by atoms with Gasteiger partial charge in [0, 0.05) is 0 Å². The topological polar surface area (TPSA) is 21.8 Å². The van der Waals surface area contributed by atoms with Crippen molar-refractivity contribution in [2.75, 3.05) is 13.2 Å². The lowest BCUT2D eigenvalue weighted by Gasteiger charge is -2.29. The first kappa shape index (κ1) is 18.4. The molecule has 21 heavy (non-hydrogen) atoms. The zero-order chi connectivity index (χ0) is 16.3. The summed E-state index contributed by atoms with van der Waals surface area (Å²) in [6.45, 7) is -0.260. The second kappa shape index (κ2) is 6.64. The fourth-order valence-corrected chi connectivity index (χ4v) is 1.52. The Kier molecular flexibility index (Phi) is 5.82. The number of unbranched alkanes of at least 4 members (excludes halogenated alkanes) is 1. The monoisotopic (exact) mass is 330 g/mol. The van der Waals surface area contributed by atoms with Gasteiger partial charge in [-0.2, -0.15) is 30.7 Å². The van der Waals surface area contributed by atoms with Gasteiger partial charge in [-0.25, -0.2) is 4.39 Å². The van der Waals surface area contributed by atoms with E-state index in [0.717, 1.165) is 0 Å². The van der Waals surface area contributed by atoms with Gasteiger partial charge in [0.2, 0.25) is 0 Å². The van der Waals surface area contributed by atoms with Gasteiger partial charge in [-0.1, -0.05) is 0 Å². The second-order valence-corrected chi connectivity index (χ2v) is 4.73. The largest absolute Gasteiger partial charge is 0.422 e. The van der Waals surface area contributed by atoms with E-state index in [1.54, 1.807) is 0 Å². The van der Waals surface area contributed by atoms with Crippen LogP contribution in [0.1, 0.15) is 25.7 Å². The Balaban J connectivity index is 2.40. The zero-order valence-corrected chi connectivity index (χ0v) is 10.7. The predicted molar refractivity (Wildman–Crippen MR) is 55.0 cm³/mol. The van der Waals surface area contributed by atoms with E-state index >= 15 is 0 Å². The molecule has 1 aliphatic rings. The molecule has 1 rings (SSSR count). The fourth-order valence-electron chi connectivity index (χ4n) is 1.52. The molecule has 1 aliphatic heterocycles. The lowest BCUT2D eigenvalue weighted by atomic mass is 10.1. The van der Waals surface area contributed by atoms with Crippen LogP contribution in [0.4, 0.5) is 35.1 Å². The predicted octanol–water partition coefficient (Wildman–Crippen LogP) is 4.09. The fraction of sp³-hybridized carbons (Fsp3) is 1.00. The van der Waals surface area contributed by atoms with Gasteiger partial charge in [0.25, 0.3) is 0 Å². The molecule has 1 saturated heterocycles. The summed E-state index contributed by atoms with van der Waals surface area (Å²) in [6, 6.07) is 0. The van der Waals surface area contributed by atoms with E-state index in [2.05, 4.69) is 4.74 Å². The van der Waals surface area contributed by atoms with Gasteiger partial charge in [0.1, 0.15) is 0 Å². The summed E-state index contributed by atoms with van der Waals surface area (Å²) in [5.74, 6) is -5.55. The van der Waals surface area contributed by atoms with Crippen molar-refractivity contribution in [3.8, 4) is 0 Å². The van der Waals surface area contributed by atoms with E-state index in [1.165, 1.54) is 0 Å². The normalized spacial score (nSPS) is 21.4. The summed E-state index contributed by atoms with van der Waals surface area (Å²) in [6.07, 6.45) is -16.4. The van der Waals surface area contributed by atoms with E-state index in [-0.39, 0.29) is 12.5 Å². The maximum atomic E-state index is 13.0. The minimum atomic E-state index is -5.55. The Morgan fingerprint density at radius 2 is 1.62 bits per heavy atom. The zero-order valence-electron chi connectivity index (χ0n) is 10.7. The Bertz CT molecular complexity index is 327. The molecule has 126 valence electrons. The molecule has 0 spiro atoms. The second-order valence-electron chi connectivity index (χ2n) is 4.73. The van der Waals surface area contributed by atoms with Crippen molar-refractivity contribution >= 4 is 0 Å². The average molecular weight is 330 g/mol. The number of rotatable bonds is 9. The van der Waals surface area contributed by atoms with Crippen LogP contribution in [0.3, 0.4) is 0 Å². The van der Waals surface area contributed by atoms with Crippen molar-refractivity contribution < 1.29 is 44.6 Å². The van der Waals surface area contributed by atoms with Gasteiger partial charge in [-0.3, -0.25) is 0 Å². The molecule has 1 heterocycles. The molecule has 10 heteroatoms. The highest BCUT2D eigenvalue weighted by atomic mass is 19.4. The molecule has 1 fully saturated rings. The molecule has 2 unspecified atom stereocenters. The van der Waals surface area contributed by atoms with Gasteiger partial charge in [0.05, 0.1) is 25.7 Å². The van der Waals surface area contributed by atoms with Crippen molar-refractivity contribution in [3.05, 3.63) is 0 Å². The maximum absolute atomic E-state index is 13.0. The number of alkyl halides is 8. The van der Waals surface area contributed by atoms with Gasteiger partial charge in [-0.15, -0.1) is 0 Å². The van der Waals surface area contributed by atoms with E-state index < -0.39 is 37.4 Å². The SMILES string of the molecule is FC(CC(F)(F)F)C(F)(F)C(F)(F)OCCCCC1CO1. The molecular formula is C11H14F8O2. The van der Waals surface area contributed by atoms with Crippen LogP contribution in [0.15, 0.2) is 0 Å². The van der Waals surface area contributed by atoms with Crippen LogP contribution in [0.5, 0.6) is 0 Å². The van der Waals surface area contributed by atoms with Gasteiger partial charge in [-0.05, 0) is 19.3 Å². The van der Waals surface area contributed by atoms with Crippen molar-refractivity contribution in [1.82, 2.24) is 0 Å². The molecule has 0 aromatic carbocycles. The summed E-state index contributed by atoms with van der Waals surface area (Å²) in [4.78, 5) is 0. The summed E-state index contributed by atoms with van der Waals surface area (Å²) in [5.41, 5.74) is 0. The maximum Gasteiger partial charge on any atom is 0.422 e. The van der Waals surface area contributed by atoms with E-state index in [0.29, 0.717) is 19.4 Å². The van der Waals surface area contributed by atoms with Crippen LogP contribution in [0.2, 0.25) is 0 Å². The van der Waals surface area contributed by atoms with E-state index in [1.807, 2.05) is 0 Å². The first-order valence-corrected chi connectivity index (χ1v) is 6.18. The van der Waals surface area contributed by atoms with Crippen molar-refractivity contribution in [3.63, 3.8) is 0 Å². The molecule has 0 aromatic rings. The third-order valence-electron chi connectivity index (χ3n) is 2.80. The minimum absolute atomic E-state index is 0.0121. The minimum Gasteiger partial charge on any atom is -0.373 e. The van der Waals surface area contributed by atoms with Crippen molar-refractivity contribution in [2.24, 2.45) is 0 Å². The standard InChI is InChI=1S/C11H14F8O2/c12-8(5-9(13,14)15)10(16,17)11(18,19)21-4-2-1-3-7-6-20-7/h7-8H,1-6H2. The van der Waals surface area contributed by atoms with Crippen LogP contribution >= 0.6 is 0 Å². The van der Waals surface area contributed by atoms with E-state index in [9.17, 15) is 35.1 Å². The summed E-state index contributed by atoms with van der Waals surface area (Å²) >= 11 is 0. The third-order valence-corrected chi connectivity index (χ3v) is 2.80. The molecule has 0 bridgehead atoms. The molecule has 0 radical (unpaired) electrons. The number of halogens is 8. The Hall–Kier alpha value is -0.640. The summed E-state index contributed by atoms with van der Waals surface area (Å²) < 4.78 is 109. The van der Waals surface area contributed by atoms with Gasteiger partial charge >= 0.3 is 18.2 Å². The molecule has 0 amide bonds. The van der Waals surface area contributed by atoms with Crippen molar-refractivity contribution in [1.29, 1.82) is 0 Å². The number of hydrogen-bond donors (Lipinski definition) is 0. The molecule has 2 nitrogen and oxygen atoms in total. The summed E-state index contributed by atoms with van der Waals surface area (Å²) in [5, 5.41) is 0. The van der Waals surface area contributed by atoms with Crippen LogP contribution < -0.4 is 0 Å². The van der Waals surface area contributed by atoms with E-state index in [4.69, 9.17) is 4.74 Å². The average Bonchev–Trinajstić information content (AvgIpc) is 3.09. The van der Waals surface area contributed by atoms with Gasteiger partial charge in [0.15, 0.2) is 6.17 Å². The molecule has 0 aromatic heterocycles. The third kappa shape index (κ3) is 5.93. The van der Waals surface area contributed by atoms with Crippen LogP contribution in [-0.2, 0) is 9.47 Å². The number of ether oxygens (including phenoxy) is 2. The first-order chi connectivity index (χ1) is 9.46. The highest BCUT2D eigenvalue weighted by Crippen LogP contribution is 2.43. The molecule has 0 aliphatic carbocycles. The molecule has 0 N–H and O–H groups in total. The quantitative estimate of drug-likeness (QED) is 0.361. The van der Waals surface area contributed by atoms with Crippen LogP contribution in [-0.4, -0.2) is 43.7 Å². The smallest absolute Gasteiger partial charge is 0.373 e. The Morgan fingerprint density at radius 1 is 1.05 bits per heavy atom. The number of epoxide rings is 1. The first-order valence-electron chi connectivity index (χ1n) is 6.18. The summed E-state index contributed by atoms with van der Waals surface area (Å²) in [7, 11) is 0. The van der Waals surface area contributed by atoms with Gasteiger partial charge < -0.3 is 9.47 Å². The lowest BCUT2D eigenvalue weighted by molar-refractivity contribution is -0.366. The Labute approximate surface area is 115 Å². The van der Waals surface area contributed by atoms with Crippen molar-refractivity contribution in [2.45, 2.75) is 56.2 Å². The van der Waals surface area contributed by atoms with Crippen LogP contribution in [0.25, 0.3) is 0 Å². The highest BCUT2D eigenvalue weighted by molar-refractivity contribution is 4.87. The van der Waals surface area contributed by atoms with Crippen LogP contribution in [0, 0.1) is 0 Å².